The van der Waals surface area contributed by atoms with E-state index in [1.807, 2.05) is 72.8 Å². The Hall–Kier alpha value is -4.03. The lowest BCUT2D eigenvalue weighted by molar-refractivity contribution is 0.203. The summed E-state index contributed by atoms with van der Waals surface area (Å²) >= 11 is 0. The van der Waals surface area contributed by atoms with E-state index in [1.54, 1.807) is 7.11 Å². The molecule has 0 unspecified atom stereocenters. The van der Waals surface area contributed by atoms with Gasteiger partial charge >= 0.3 is 0 Å². The van der Waals surface area contributed by atoms with Crippen LogP contribution in [0.5, 0.6) is 17.5 Å². The maximum atomic E-state index is 9.48. The van der Waals surface area contributed by atoms with E-state index < -0.39 is 0 Å². The second-order valence-electron chi connectivity index (χ2n) is 9.55. The van der Waals surface area contributed by atoms with Crippen LogP contribution in [0.1, 0.15) is 24.0 Å². The van der Waals surface area contributed by atoms with E-state index >= 15 is 0 Å². The van der Waals surface area contributed by atoms with Crippen LogP contribution in [0.3, 0.4) is 0 Å². The van der Waals surface area contributed by atoms with Gasteiger partial charge in [0.1, 0.15) is 19.0 Å². The van der Waals surface area contributed by atoms with Crippen LogP contribution in [0.25, 0.3) is 11.1 Å². The molecule has 2 heterocycles. The van der Waals surface area contributed by atoms with Crippen LogP contribution < -0.4 is 19.1 Å². The van der Waals surface area contributed by atoms with Crippen molar-refractivity contribution in [1.82, 2.24) is 4.98 Å². The second kappa shape index (κ2) is 12.5. The first kappa shape index (κ1) is 25.6. The summed E-state index contributed by atoms with van der Waals surface area (Å²) in [6, 6.07) is 30.2. The number of rotatable bonds is 10. The van der Waals surface area contributed by atoms with Gasteiger partial charge in [-0.3, -0.25) is 0 Å². The minimum absolute atomic E-state index is 0.264. The van der Waals surface area contributed by atoms with Gasteiger partial charge in [0.2, 0.25) is 11.8 Å². The number of piperidine rings is 1. The Morgan fingerprint density at radius 1 is 0.789 bits per heavy atom. The fourth-order valence-corrected chi connectivity index (χ4v) is 4.75. The van der Waals surface area contributed by atoms with Gasteiger partial charge in [0.25, 0.3) is 0 Å². The third kappa shape index (κ3) is 6.26. The van der Waals surface area contributed by atoms with Gasteiger partial charge < -0.3 is 24.2 Å². The lowest BCUT2D eigenvalue weighted by Crippen LogP contribution is -2.34. The molecule has 196 valence electrons. The number of hydrogen-bond donors (Lipinski definition) is 1. The van der Waals surface area contributed by atoms with Crippen molar-refractivity contribution in [1.29, 1.82) is 0 Å². The molecule has 1 N–H and O–H groups in total. The van der Waals surface area contributed by atoms with Crippen LogP contribution in [-0.4, -0.2) is 36.9 Å². The molecule has 1 fully saturated rings. The number of methoxy groups -OCH3 is 1. The Kier molecular flexibility index (Phi) is 8.41. The number of hydrogen-bond acceptors (Lipinski definition) is 6. The summed E-state index contributed by atoms with van der Waals surface area (Å²) in [6.07, 6.45) is 1.98. The van der Waals surface area contributed by atoms with Crippen LogP contribution in [0.15, 0.2) is 91.0 Å². The predicted molar refractivity (Wildman–Crippen MR) is 150 cm³/mol. The summed E-state index contributed by atoms with van der Waals surface area (Å²) in [5.74, 6) is 2.15. The standard InChI is InChI=1S/C32H34N2O4/c1-36-30-20-27(34-18-16-24(21-35)17-19-34)12-13-28(30)29-14-15-31(37-22-25-8-4-2-5-9-25)33-32(29)38-23-26-10-6-3-7-11-26/h2-15,20,24,35H,16-19,21-23H2,1H3. The number of pyridine rings is 1. The molecule has 38 heavy (non-hydrogen) atoms. The van der Waals surface area contributed by atoms with Gasteiger partial charge in [0, 0.05) is 48.6 Å². The average Bonchev–Trinajstić information content (AvgIpc) is 3.00. The van der Waals surface area contributed by atoms with Crippen LogP contribution in [0.4, 0.5) is 5.69 Å². The molecule has 0 saturated carbocycles. The number of anilines is 1. The second-order valence-corrected chi connectivity index (χ2v) is 9.55. The summed E-state index contributed by atoms with van der Waals surface area (Å²) in [5, 5.41) is 9.48. The number of aliphatic hydroxyl groups is 1. The zero-order valence-electron chi connectivity index (χ0n) is 21.8. The molecule has 6 nitrogen and oxygen atoms in total. The quantitative estimate of drug-likeness (QED) is 0.277. The normalized spacial score (nSPS) is 13.8. The van der Waals surface area contributed by atoms with Crippen molar-refractivity contribution >= 4 is 5.69 Å². The average molecular weight is 511 g/mol. The van der Waals surface area contributed by atoms with Crippen molar-refractivity contribution in [3.8, 4) is 28.6 Å². The van der Waals surface area contributed by atoms with E-state index in [0.29, 0.717) is 30.9 Å². The zero-order chi connectivity index (χ0) is 26.2. The molecule has 0 aliphatic carbocycles. The molecule has 0 spiro atoms. The molecule has 1 saturated heterocycles. The van der Waals surface area contributed by atoms with Crippen molar-refractivity contribution in [2.75, 3.05) is 31.7 Å². The summed E-state index contributed by atoms with van der Waals surface area (Å²) in [4.78, 5) is 7.10. The van der Waals surface area contributed by atoms with E-state index in [-0.39, 0.29) is 6.61 Å². The summed E-state index contributed by atoms with van der Waals surface area (Å²) < 4.78 is 18.1. The van der Waals surface area contributed by atoms with Gasteiger partial charge in [-0.05, 0) is 48.1 Å². The molecular weight excluding hydrogens is 476 g/mol. The third-order valence-corrected chi connectivity index (χ3v) is 7.00. The van der Waals surface area contributed by atoms with Crippen molar-refractivity contribution in [3.63, 3.8) is 0 Å². The molecule has 0 bridgehead atoms. The van der Waals surface area contributed by atoms with Gasteiger partial charge in [-0.1, -0.05) is 60.7 Å². The SMILES string of the molecule is COc1cc(N2CCC(CO)CC2)ccc1-c1ccc(OCc2ccccc2)nc1OCc1ccccc1. The first-order valence-electron chi connectivity index (χ1n) is 13.1. The minimum atomic E-state index is 0.264. The lowest BCUT2D eigenvalue weighted by Gasteiger charge is -2.33. The van der Waals surface area contributed by atoms with Crippen LogP contribution in [0, 0.1) is 5.92 Å². The van der Waals surface area contributed by atoms with Gasteiger partial charge in [-0.2, -0.15) is 4.98 Å². The predicted octanol–water partition coefficient (Wildman–Crippen LogP) is 6.12. The van der Waals surface area contributed by atoms with Crippen molar-refractivity contribution in [3.05, 3.63) is 102 Å². The Bertz CT molecular complexity index is 1310. The lowest BCUT2D eigenvalue weighted by atomic mass is 9.97. The van der Waals surface area contributed by atoms with E-state index in [0.717, 1.165) is 59.6 Å². The molecule has 5 rings (SSSR count). The molecule has 1 aliphatic heterocycles. The minimum Gasteiger partial charge on any atom is -0.496 e. The molecule has 4 aromatic rings. The van der Waals surface area contributed by atoms with Crippen molar-refractivity contribution < 1.29 is 19.3 Å². The fourth-order valence-electron chi connectivity index (χ4n) is 4.75. The molecule has 3 aromatic carbocycles. The third-order valence-electron chi connectivity index (χ3n) is 7.00. The van der Waals surface area contributed by atoms with E-state index in [9.17, 15) is 5.11 Å². The number of aliphatic hydroxyl groups excluding tert-OH is 1. The highest BCUT2D eigenvalue weighted by Gasteiger charge is 2.21. The van der Waals surface area contributed by atoms with Gasteiger partial charge in [0.15, 0.2) is 0 Å². The van der Waals surface area contributed by atoms with Crippen molar-refractivity contribution in [2.24, 2.45) is 5.92 Å². The molecule has 0 amide bonds. The van der Waals surface area contributed by atoms with Gasteiger partial charge in [-0.15, -0.1) is 0 Å². The number of ether oxygens (including phenoxy) is 3. The summed E-state index contributed by atoms with van der Waals surface area (Å²) in [6.45, 7) is 2.93. The van der Waals surface area contributed by atoms with Crippen LogP contribution in [0.2, 0.25) is 0 Å². The number of benzene rings is 3. The van der Waals surface area contributed by atoms with E-state index in [4.69, 9.17) is 19.2 Å². The summed E-state index contributed by atoms with van der Waals surface area (Å²) in [5.41, 5.74) is 5.00. The van der Waals surface area contributed by atoms with Gasteiger partial charge in [0.05, 0.1) is 7.11 Å². The molecule has 0 atom stereocenters. The Labute approximate surface area is 224 Å². The Balaban J connectivity index is 1.42. The maximum Gasteiger partial charge on any atom is 0.225 e. The maximum absolute atomic E-state index is 9.48. The summed E-state index contributed by atoms with van der Waals surface area (Å²) in [7, 11) is 1.69. The first-order chi connectivity index (χ1) is 18.7. The van der Waals surface area contributed by atoms with E-state index in [2.05, 4.69) is 23.1 Å². The molecular formula is C32H34N2O4. The highest BCUT2D eigenvalue weighted by molar-refractivity contribution is 5.77. The van der Waals surface area contributed by atoms with Crippen LogP contribution >= 0.6 is 0 Å². The Morgan fingerprint density at radius 3 is 2.05 bits per heavy atom. The largest absolute Gasteiger partial charge is 0.496 e. The molecule has 1 aromatic heterocycles. The molecule has 0 radical (unpaired) electrons. The highest BCUT2D eigenvalue weighted by Crippen LogP contribution is 2.39. The highest BCUT2D eigenvalue weighted by atomic mass is 16.5. The smallest absolute Gasteiger partial charge is 0.225 e. The zero-order valence-corrected chi connectivity index (χ0v) is 21.8. The Morgan fingerprint density at radius 2 is 1.42 bits per heavy atom. The van der Waals surface area contributed by atoms with Gasteiger partial charge in [-0.25, -0.2) is 0 Å². The monoisotopic (exact) mass is 510 g/mol. The topological polar surface area (TPSA) is 64.1 Å². The molecule has 6 heteroatoms. The number of nitrogens with zero attached hydrogens (tertiary/aromatic N) is 2. The van der Waals surface area contributed by atoms with Crippen molar-refractivity contribution in [2.45, 2.75) is 26.1 Å². The fraction of sp³-hybridized carbons (Fsp3) is 0.281. The van der Waals surface area contributed by atoms with Crippen LogP contribution in [-0.2, 0) is 13.2 Å². The molecule has 1 aliphatic rings. The first-order valence-corrected chi connectivity index (χ1v) is 13.1. The number of aromatic nitrogens is 1. The van der Waals surface area contributed by atoms with E-state index in [1.165, 1.54) is 0 Å².